The molecule has 0 saturated carbocycles. The Hall–Kier alpha value is -2.60. The molecule has 7 heteroatoms. The van der Waals surface area contributed by atoms with Gasteiger partial charge in [0.15, 0.2) is 6.61 Å². The zero-order chi connectivity index (χ0) is 20.8. The number of hydrogen-bond acceptors (Lipinski definition) is 4. The molecule has 1 aliphatic heterocycles. The van der Waals surface area contributed by atoms with Crippen molar-refractivity contribution in [1.29, 1.82) is 0 Å². The fourth-order valence-electron chi connectivity index (χ4n) is 3.42. The largest absolute Gasteiger partial charge is 0.452 e. The molecule has 1 aliphatic rings. The summed E-state index contributed by atoms with van der Waals surface area (Å²) in [7, 11) is 0. The first-order valence-electron chi connectivity index (χ1n) is 9.97. The van der Waals surface area contributed by atoms with E-state index in [9.17, 15) is 9.59 Å². The predicted molar refractivity (Wildman–Crippen MR) is 114 cm³/mol. The van der Waals surface area contributed by atoms with Crippen LogP contribution in [-0.4, -0.2) is 34.8 Å². The summed E-state index contributed by atoms with van der Waals surface area (Å²) in [5.41, 5.74) is 3.48. The monoisotopic (exact) mass is 415 g/mol. The van der Waals surface area contributed by atoms with Gasteiger partial charge in [-0.15, -0.1) is 0 Å². The van der Waals surface area contributed by atoms with Crippen LogP contribution in [-0.2, 0) is 27.3 Å². The third-order valence-corrected chi connectivity index (χ3v) is 5.37. The number of aryl methyl sites for hydroxylation is 3. The summed E-state index contributed by atoms with van der Waals surface area (Å²) < 4.78 is 6.90. The Labute approximate surface area is 176 Å². The third kappa shape index (κ3) is 5.07. The van der Waals surface area contributed by atoms with E-state index in [1.54, 1.807) is 15.7 Å². The van der Waals surface area contributed by atoms with Crippen LogP contribution in [0.25, 0.3) is 6.08 Å². The average molecular weight is 416 g/mol. The van der Waals surface area contributed by atoms with Crippen molar-refractivity contribution in [2.45, 2.75) is 46.1 Å². The van der Waals surface area contributed by atoms with Gasteiger partial charge in [0.25, 0.3) is 5.91 Å². The number of rotatable bonds is 7. The second-order valence-electron chi connectivity index (χ2n) is 7.09. The molecule has 6 nitrogen and oxygen atoms in total. The van der Waals surface area contributed by atoms with Gasteiger partial charge in [0.05, 0.1) is 5.69 Å². The van der Waals surface area contributed by atoms with Gasteiger partial charge in [0.2, 0.25) is 0 Å². The molecule has 0 saturated heterocycles. The molecule has 1 aromatic carbocycles. The van der Waals surface area contributed by atoms with E-state index in [0.717, 1.165) is 49.2 Å². The smallest absolute Gasteiger partial charge is 0.331 e. The molecule has 0 spiro atoms. The number of benzene rings is 1. The predicted octanol–water partition coefficient (Wildman–Crippen LogP) is 4.18. The van der Waals surface area contributed by atoms with E-state index in [1.807, 2.05) is 31.2 Å². The molecule has 0 radical (unpaired) electrons. The number of nitrogens with zero attached hydrogens (tertiary/aromatic N) is 3. The Morgan fingerprint density at radius 3 is 2.90 bits per heavy atom. The molecule has 2 heterocycles. The number of carbonyl (C=O) groups excluding carboxylic acids is 2. The fraction of sp³-hybridized carbons (Fsp3) is 0.409. The number of fused-ring (bicyclic) bond motifs is 1. The lowest BCUT2D eigenvalue weighted by atomic mass is 10.0. The Bertz CT molecular complexity index is 920. The van der Waals surface area contributed by atoms with Crippen LogP contribution >= 0.6 is 11.6 Å². The highest BCUT2D eigenvalue weighted by Crippen LogP contribution is 2.26. The quantitative estimate of drug-likeness (QED) is 0.502. The number of amides is 1. The fourth-order valence-corrected chi connectivity index (χ4v) is 3.74. The molecule has 0 fully saturated rings. The molecule has 154 valence electrons. The summed E-state index contributed by atoms with van der Waals surface area (Å²) in [6.07, 6.45) is 6.76. The number of ether oxygens (including phenoxy) is 1. The molecule has 0 unspecified atom stereocenters. The van der Waals surface area contributed by atoms with Gasteiger partial charge < -0.3 is 9.64 Å². The summed E-state index contributed by atoms with van der Waals surface area (Å²) in [6, 6.07) is 7.83. The van der Waals surface area contributed by atoms with Gasteiger partial charge in [0, 0.05) is 30.4 Å². The number of esters is 1. The summed E-state index contributed by atoms with van der Waals surface area (Å²) in [6.45, 7) is 5.02. The molecule has 0 atom stereocenters. The summed E-state index contributed by atoms with van der Waals surface area (Å²) in [5.74, 6) is -0.805. The van der Waals surface area contributed by atoms with Crippen molar-refractivity contribution in [2.24, 2.45) is 0 Å². The van der Waals surface area contributed by atoms with Crippen molar-refractivity contribution in [1.82, 2.24) is 9.78 Å². The van der Waals surface area contributed by atoms with Crippen LogP contribution in [0.5, 0.6) is 0 Å². The molecule has 0 bridgehead atoms. The van der Waals surface area contributed by atoms with E-state index < -0.39 is 5.97 Å². The Kier molecular flexibility index (Phi) is 7.09. The van der Waals surface area contributed by atoms with E-state index in [0.29, 0.717) is 17.3 Å². The SMILES string of the molecule is CCCCn1nc(C)c(/C=C/C(=O)OCC(=O)N2CCCc3ccccc32)c1Cl. The molecule has 2 aromatic rings. The maximum atomic E-state index is 12.5. The maximum absolute atomic E-state index is 12.5. The average Bonchev–Trinajstić information content (AvgIpc) is 3.01. The van der Waals surface area contributed by atoms with Gasteiger partial charge >= 0.3 is 5.97 Å². The Morgan fingerprint density at radius 1 is 1.31 bits per heavy atom. The lowest BCUT2D eigenvalue weighted by Gasteiger charge is -2.29. The van der Waals surface area contributed by atoms with Gasteiger partial charge in [-0.3, -0.25) is 9.48 Å². The normalized spacial score (nSPS) is 13.6. The molecule has 0 N–H and O–H groups in total. The first-order chi connectivity index (χ1) is 14.0. The highest BCUT2D eigenvalue weighted by atomic mass is 35.5. The van der Waals surface area contributed by atoms with Crippen LogP contribution in [0.2, 0.25) is 5.15 Å². The zero-order valence-corrected chi connectivity index (χ0v) is 17.6. The Balaban J connectivity index is 1.58. The minimum absolute atomic E-state index is 0.222. The molecule has 1 amide bonds. The van der Waals surface area contributed by atoms with Crippen LogP contribution in [0.3, 0.4) is 0 Å². The number of carbonyl (C=O) groups is 2. The van der Waals surface area contributed by atoms with Gasteiger partial charge in [-0.05, 0) is 43.9 Å². The summed E-state index contributed by atoms with van der Waals surface area (Å²) >= 11 is 6.36. The second kappa shape index (κ2) is 9.74. The molecule has 0 aliphatic carbocycles. The lowest BCUT2D eigenvalue weighted by Crippen LogP contribution is -2.38. The van der Waals surface area contributed by atoms with Crippen molar-refractivity contribution in [2.75, 3.05) is 18.1 Å². The molecular weight excluding hydrogens is 390 g/mol. The first-order valence-corrected chi connectivity index (χ1v) is 10.3. The van der Waals surface area contributed by atoms with Crippen molar-refractivity contribution in [3.8, 4) is 0 Å². The van der Waals surface area contributed by atoms with Crippen molar-refractivity contribution in [3.05, 3.63) is 52.3 Å². The zero-order valence-electron chi connectivity index (χ0n) is 16.9. The van der Waals surface area contributed by atoms with Crippen molar-refractivity contribution in [3.63, 3.8) is 0 Å². The number of anilines is 1. The molecule has 1 aromatic heterocycles. The summed E-state index contributed by atoms with van der Waals surface area (Å²) in [5, 5.41) is 4.90. The minimum atomic E-state index is -0.583. The second-order valence-corrected chi connectivity index (χ2v) is 7.44. The summed E-state index contributed by atoms with van der Waals surface area (Å²) in [4.78, 5) is 26.3. The van der Waals surface area contributed by atoms with Crippen LogP contribution in [0.15, 0.2) is 30.3 Å². The highest BCUT2D eigenvalue weighted by molar-refractivity contribution is 6.31. The van der Waals surface area contributed by atoms with Crippen molar-refractivity contribution < 1.29 is 14.3 Å². The topological polar surface area (TPSA) is 64.4 Å². The van der Waals surface area contributed by atoms with Gasteiger partial charge in [-0.1, -0.05) is 43.1 Å². The molecule has 29 heavy (non-hydrogen) atoms. The minimum Gasteiger partial charge on any atom is -0.452 e. The van der Waals surface area contributed by atoms with Crippen LogP contribution in [0.4, 0.5) is 5.69 Å². The molecule has 3 rings (SSSR count). The van der Waals surface area contributed by atoms with Gasteiger partial charge in [-0.25, -0.2) is 4.79 Å². The van der Waals surface area contributed by atoms with Crippen molar-refractivity contribution >= 4 is 35.2 Å². The lowest BCUT2D eigenvalue weighted by molar-refractivity contribution is -0.142. The standard InChI is InChI=1S/C22H26ClN3O3/c1-3-4-14-26-22(23)18(16(2)24-26)11-12-21(28)29-15-20(27)25-13-7-9-17-8-5-6-10-19(17)25/h5-6,8,10-12H,3-4,7,9,13-15H2,1-2H3/b12-11+. The van der Waals surface area contributed by atoms with E-state index >= 15 is 0 Å². The number of para-hydroxylation sites is 1. The van der Waals surface area contributed by atoms with E-state index in [1.165, 1.54) is 6.08 Å². The van der Waals surface area contributed by atoms with Gasteiger partial charge in [0.1, 0.15) is 5.15 Å². The van der Waals surface area contributed by atoms with E-state index in [4.69, 9.17) is 16.3 Å². The molecular formula is C22H26ClN3O3. The van der Waals surface area contributed by atoms with Crippen LogP contribution in [0, 0.1) is 6.92 Å². The third-order valence-electron chi connectivity index (χ3n) is 4.97. The number of unbranched alkanes of at least 4 members (excludes halogenated alkanes) is 1. The van der Waals surface area contributed by atoms with Gasteiger partial charge in [-0.2, -0.15) is 5.10 Å². The number of aromatic nitrogens is 2. The first kappa shape index (κ1) is 21.1. The number of halogens is 1. The number of hydrogen-bond donors (Lipinski definition) is 0. The van der Waals surface area contributed by atoms with E-state index in [2.05, 4.69) is 12.0 Å². The maximum Gasteiger partial charge on any atom is 0.331 e. The van der Waals surface area contributed by atoms with Crippen LogP contribution < -0.4 is 4.90 Å². The Morgan fingerprint density at radius 2 is 2.10 bits per heavy atom. The van der Waals surface area contributed by atoms with E-state index in [-0.39, 0.29) is 12.5 Å². The van der Waals surface area contributed by atoms with Crippen LogP contribution in [0.1, 0.15) is 43.0 Å². The highest BCUT2D eigenvalue weighted by Gasteiger charge is 2.22.